The number of nitrogens with zero attached hydrogens (tertiary/aromatic N) is 1. The SMILES string of the molecule is CC(O)C(N)C(=O)O.CCC(CC)[C@H](NC(C)=O)[C@@H]1[C@H](O)[C@@H](C(=O)O)C[C@H]1N=C(N)N. The van der Waals surface area contributed by atoms with Gasteiger partial charge >= 0.3 is 11.9 Å². The summed E-state index contributed by atoms with van der Waals surface area (Å²) in [5, 5.41) is 39.3. The minimum atomic E-state index is -1.18. The number of rotatable bonds is 9. The molecule has 1 rings (SSSR count). The van der Waals surface area contributed by atoms with Crippen LogP contribution in [0.2, 0.25) is 0 Å². The standard InChI is InChI=1S/C15H28N4O4.C4H9NO3/c1-4-8(5-2)12(18-7(3)20)11-10(19-15(16)17)6-9(13(11)21)14(22)23;1-2(6)3(5)4(7)8/h8-13,21H,4-6H2,1-3H3,(H,18,20)(H,22,23)(H4,16,17,19);2-3,6H,5H2,1H3,(H,7,8)/t9-,10+,11+,12-,13+;/m0./s1. The van der Waals surface area contributed by atoms with Crippen LogP contribution in [0.1, 0.15) is 47.0 Å². The van der Waals surface area contributed by atoms with Crippen LogP contribution in [0.3, 0.4) is 0 Å². The van der Waals surface area contributed by atoms with Crippen LogP contribution >= 0.6 is 0 Å². The van der Waals surface area contributed by atoms with Crippen LogP contribution in [0.5, 0.6) is 0 Å². The normalized spacial score (nSPS) is 25.5. The van der Waals surface area contributed by atoms with Gasteiger partial charge in [-0.3, -0.25) is 14.4 Å². The smallest absolute Gasteiger partial charge is 0.323 e. The van der Waals surface area contributed by atoms with E-state index in [1.54, 1.807) is 0 Å². The van der Waals surface area contributed by atoms with Gasteiger partial charge in [0, 0.05) is 18.9 Å². The Balaban J connectivity index is 0.000000954. The summed E-state index contributed by atoms with van der Waals surface area (Å²) in [6.07, 6.45) is -0.367. The van der Waals surface area contributed by atoms with Gasteiger partial charge in [0.1, 0.15) is 6.04 Å². The topological polar surface area (TPSA) is 235 Å². The molecular formula is C19H37N5O7. The number of aliphatic imine (C=N–C) groups is 1. The molecular weight excluding hydrogens is 410 g/mol. The molecule has 180 valence electrons. The van der Waals surface area contributed by atoms with Gasteiger partial charge in [0.2, 0.25) is 5.91 Å². The molecule has 0 radical (unpaired) electrons. The minimum Gasteiger partial charge on any atom is -0.481 e. The number of aliphatic hydroxyl groups is 2. The third-order valence-electron chi connectivity index (χ3n) is 5.52. The maximum Gasteiger partial charge on any atom is 0.323 e. The number of carbonyl (C=O) groups excluding carboxylic acids is 1. The number of guanidine groups is 1. The Hall–Kier alpha value is -2.44. The molecule has 7 atom stereocenters. The predicted octanol–water partition coefficient (Wildman–Crippen LogP) is -1.57. The quantitative estimate of drug-likeness (QED) is 0.149. The fraction of sp³-hybridized carbons (Fsp3) is 0.789. The molecule has 0 bridgehead atoms. The van der Waals surface area contributed by atoms with Gasteiger partial charge < -0.3 is 42.9 Å². The Bertz CT molecular complexity index is 635. The molecule has 1 saturated carbocycles. The fourth-order valence-electron chi connectivity index (χ4n) is 3.85. The van der Waals surface area contributed by atoms with Crippen molar-refractivity contribution < 1.29 is 34.8 Å². The molecule has 1 fully saturated rings. The summed E-state index contributed by atoms with van der Waals surface area (Å²) < 4.78 is 0. The van der Waals surface area contributed by atoms with Crippen LogP contribution in [0.15, 0.2) is 4.99 Å². The van der Waals surface area contributed by atoms with Crippen LogP contribution in [-0.4, -0.2) is 74.6 Å². The van der Waals surface area contributed by atoms with Crippen LogP contribution in [-0.2, 0) is 14.4 Å². The van der Waals surface area contributed by atoms with Gasteiger partial charge in [0.25, 0.3) is 0 Å². The molecule has 0 heterocycles. The number of aliphatic carboxylic acids is 2. The number of carbonyl (C=O) groups is 3. The van der Waals surface area contributed by atoms with Crippen molar-refractivity contribution >= 4 is 23.8 Å². The van der Waals surface area contributed by atoms with E-state index in [0.29, 0.717) is 0 Å². The predicted molar refractivity (Wildman–Crippen MR) is 114 cm³/mol. The Morgan fingerprint density at radius 1 is 1.16 bits per heavy atom. The highest BCUT2D eigenvalue weighted by atomic mass is 16.4. The van der Waals surface area contributed by atoms with Gasteiger partial charge in [-0.05, 0) is 19.3 Å². The molecule has 0 aromatic rings. The van der Waals surface area contributed by atoms with Crippen molar-refractivity contribution in [3.8, 4) is 0 Å². The summed E-state index contributed by atoms with van der Waals surface area (Å²) in [5.41, 5.74) is 15.8. The van der Waals surface area contributed by atoms with Crippen LogP contribution in [0.4, 0.5) is 0 Å². The molecule has 2 unspecified atom stereocenters. The van der Waals surface area contributed by atoms with Crippen LogP contribution in [0.25, 0.3) is 0 Å². The van der Waals surface area contributed by atoms with E-state index in [4.69, 9.17) is 27.4 Å². The van der Waals surface area contributed by atoms with E-state index < -0.39 is 48.1 Å². The summed E-state index contributed by atoms with van der Waals surface area (Å²) in [7, 11) is 0. The number of hydrogen-bond acceptors (Lipinski definition) is 7. The lowest BCUT2D eigenvalue weighted by atomic mass is 9.80. The third-order valence-corrected chi connectivity index (χ3v) is 5.52. The lowest BCUT2D eigenvalue weighted by Crippen LogP contribution is -2.51. The molecule has 1 aliphatic carbocycles. The lowest BCUT2D eigenvalue weighted by molar-refractivity contribution is -0.145. The zero-order chi connectivity index (χ0) is 24.5. The van der Waals surface area contributed by atoms with Crippen molar-refractivity contribution in [2.75, 3.05) is 0 Å². The average Bonchev–Trinajstić information content (AvgIpc) is 2.96. The molecule has 0 spiro atoms. The first kappa shape index (κ1) is 28.6. The number of hydrogen-bond donors (Lipinski definition) is 8. The fourth-order valence-corrected chi connectivity index (χ4v) is 3.85. The highest BCUT2D eigenvalue weighted by molar-refractivity contribution is 5.77. The molecule has 0 aromatic heterocycles. The first-order valence-electron chi connectivity index (χ1n) is 10.2. The Morgan fingerprint density at radius 2 is 1.68 bits per heavy atom. The van der Waals surface area contributed by atoms with E-state index in [1.807, 2.05) is 13.8 Å². The number of amides is 1. The molecule has 0 aromatic carbocycles. The van der Waals surface area contributed by atoms with Crippen molar-refractivity contribution in [1.29, 1.82) is 0 Å². The number of nitrogens with two attached hydrogens (primary N) is 3. The van der Waals surface area contributed by atoms with Gasteiger partial charge in [-0.25, -0.2) is 4.99 Å². The zero-order valence-electron chi connectivity index (χ0n) is 18.4. The summed E-state index contributed by atoms with van der Waals surface area (Å²) in [6.45, 7) is 6.73. The van der Waals surface area contributed by atoms with E-state index >= 15 is 0 Å². The maximum atomic E-state index is 11.6. The summed E-state index contributed by atoms with van der Waals surface area (Å²) >= 11 is 0. The van der Waals surface area contributed by atoms with E-state index in [2.05, 4.69) is 10.3 Å². The Kier molecular flexibility index (Phi) is 12.0. The third kappa shape index (κ3) is 8.67. The average molecular weight is 448 g/mol. The molecule has 31 heavy (non-hydrogen) atoms. The molecule has 0 aliphatic heterocycles. The second kappa shape index (κ2) is 13.1. The molecule has 12 heteroatoms. The molecule has 1 aliphatic rings. The zero-order valence-corrected chi connectivity index (χ0v) is 18.4. The van der Waals surface area contributed by atoms with Gasteiger partial charge in [0.05, 0.1) is 24.2 Å². The summed E-state index contributed by atoms with van der Waals surface area (Å²) in [4.78, 5) is 37.0. The largest absolute Gasteiger partial charge is 0.481 e. The van der Waals surface area contributed by atoms with Gasteiger partial charge in [-0.1, -0.05) is 26.7 Å². The second-order valence-corrected chi connectivity index (χ2v) is 7.78. The van der Waals surface area contributed by atoms with E-state index in [0.717, 1.165) is 12.8 Å². The number of carboxylic acid groups (broad SMARTS) is 2. The molecule has 12 nitrogen and oxygen atoms in total. The molecule has 0 saturated heterocycles. The van der Waals surface area contributed by atoms with Gasteiger partial charge in [-0.2, -0.15) is 0 Å². The van der Waals surface area contributed by atoms with E-state index in [-0.39, 0.29) is 30.2 Å². The highest BCUT2D eigenvalue weighted by Crippen LogP contribution is 2.39. The Morgan fingerprint density at radius 3 is 1.97 bits per heavy atom. The second-order valence-electron chi connectivity index (χ2n) is 7.78. The van der Waals surface area contributed by atoms with E-state index in [1.165, 1.54) is 13.8 Å². The Labute approximate surface area is 181 Å². The summed E-state index contributed by atoms with van der Waals surface area (Å²) in [5.74, 6) is -4.02. The van der Waals surface area contributed by atoms with Gasteiger partial charge in [0.15, 0.2) is 5.96 Å². The summed E-state index contributed by atoms with van der Waals surface area (Å²) in [6, 6.07) is -2.07. The maximum absolute atomic E-state index is 11.6. The van der Waals surface area contributed by atoms with Crippen molar-refractivity contribution in [3.05, 3.63) is 0 Å². The first-order chi connectivity index (χ1) is 14.3. The first-order valence-corrected chi connectivity index (χ1v) is 10.2. The minimum absolute atomic E-state index is 0.0998. The van der Waals surface area contributed by atoms with Crippen molar-refractivity contribution in [3.63, 3.8) is 0 Å². The molecule has 1 amide bonds. The molecule has 11 N–H and O–H groups in total. The number of carboxylic acids is 2. The van der Waals surface area contributed by atoms with E-state index in [9.17, 15) is 24.6 Å². The lowest BCUT2D eigenvalue weighted by Gasteiger charge is -2.35. The number of aliphatic hydroxyl groups excluding tert-OH is 2. The van der Waals surface area contributed by atoms with Gasteiger partial charge in [-0.15, -0.1) is 0 Å². The van der Waals surface area contributed by atoms with Crippen molar-refractivity contribution in [2.24, 2.45) is 39.9 Å². The number of nitrogens with one attached hydrogen (secondary N) is 1. The monoisotopic (exact) mass is 447 g/mol. The highest BCUT2D eigenvalue weighted by Gasteiger charge is 2.50. The van der Waals surface area contributed by atoms with Crippen molar-refractivity contribution in [2.45, 2.75) is 77.3 Å². The van der Waals surface area contributed by atoms with Crippen LogP contribution in [0, 0.1) is 17.8 Å². The van der Waals surface area contributed by atoms with Crippen molar-refractivity contribution in [1.82, 2.24) is 5.32 Å². The van der Waals surface area contributed by atoms with Crippen LogP contribution < -0.4 is 22.5 Å².